The van der Waals surface area contributed by atoms with Crippen molar-refractivity contribution in [3.05, 3.63) is 35.2 Å². The Morgan fingerprint density at radius 1 is 1.27 bits per heavy atom. The topological polar surface area (TPSA) is 90.6 Å². The summed E-state index contributed by atoms with van der Waals surface area (Å²) in [6, 6.07) is 4.30. The van der Waals surface area contributed by atoms with Crippen LogP contribution in [0.1, 0.15) is 23.4 Å². The van der Waals surface area contributed by atoms with E-state index in [0.29, 0.717) is 23.0 Å². The zero-order valence-electron chi connectivity index (χ0n) is 16.9. The minimum atomic E-state index is -3.00. The Bertz CT molecular complexity index is 1070. The monoisotopic (exact) mass is 437 g/mol. The molecule has 1 N–H and O–H groups in total. The molecule has 0 atom stereocenters. The molecular weight excluding hydrogens is 416 g/mol. The van der Waals surface area contributed by atoms with Crippen LogP contribution in [-0.2, 0) is 11.2 Å². The Balaban J connectivity index is 1.72. The number of fused-ring (bicyclic) bond motifs is 1. The van der Waals surface area contributed by atoms with Gasteiger partial charge in [-0.05, 0) is 44.2 Å². The highest BCUT2D eigenvalue weighted by Gasteiger charge is 2.16. The van der Waals surface area contributed by atoms with E-state index < -0.39 is 6.61 Å². The Labute approximate surface area is 176 Å². The summed E-state index contributed by atoms with van der Waals surface area (Å²) in [5, 5.41) is 7.71. The quantitative estimate of drug-likeness (QED) is 0.538. The van der Waals surface area contributed by atoms with Crippen molar-refractivity contribution in [2.45, 2.75) is 38.5 Å². The van der Waals surface area contributed by atoms with Crippen LogP contribution in [0.3, 0.4) is 0 Å². The molecule has 3 aromatic rings. The molecule has 2 aromatic heterocycles. The van der Waals surface area contributed by atoms with Crippen molar-refractivity contribution in [3.63, 3.8) is 0 Å². The first-order valence-corrected chi connectivity index (χ1v) is 10.2. The third-order valence-corrected chi connectivity index (χ3v) is 5.02. The van der Waals surface area contributed by atoms with Crippen molar-refractivity contribution >= 4 is 29.1 Å². The molecule has 160 valence electrons. The van der Waals surface area contributed by atoms with E-state index in [1.165, 1.54) is 31.0 Å². The van der Waals surface area contributed by atoms with E-state index in [1.54, 1.807) is 10.6 Å². The lowest BCUT2D eigenvalue weighted by Gasteiger charge is -2.13. The van der Waals surface area contributed by atoms with E-state index in [2.05, 4.69) is 25.1 Å². The third kappa shape index (κ3) is 4.78. The van der Waals surface area contributed by atoms with E-state index in [1.807, 2.05) is 20.1 Å². The molecule has 3 rings (SSSR count). The number of nitrogens with one attached hydrogen (secondary N) is 1. The van der Waals surface area contributed by atoms with E-state index in [0.717, 1.165) is 17.0 Å². The van der Waals surface area contributed by atoms with Crippen molar-refractivity contribution < 1.29 is 23.0 Å². The number of benzene rings is 1. The number of rotatable bonds is 8. The fourth-order valence-electron chi connectivity index (χ4n) is 3.04. The largest absolute Gasteiger partial charge is 0.493 e. The molecule has 0 aliphatic heterocycles. The number of hydrogen-bond donors (Lipinski definition) is 1. The first kappa shape index (κ1) is 21.8. The van der Waals surface area contributed by atoms with Gasteiger partial charge in [-0.15, -0.1) is 5.10 Å². The number of carbonyl (C=O) groups is 1. The van der Waals surface area contributed by atoms with Gasteiger partial charge >= 0.3 is 6.61 Å². The molecule has 1 amide bonds. The number of carbonyl (C=O) groups excluding carboxylic acids is 1. The lowest BCUT2D eigenvalue weighted by molar-refractivity contribution is -0.116. The van der Waals surface area contributed by atoms with Crippen molar-refractivity contribution in [2.24, 2.45) is 0 Å². The van der Waals surface area contributed by atoms with Gasteiger partial charge < -0.3 is 14.8 Å². The smallest absolute Gasteiger partial charge is 0.387 e. The first-order chi connectivity index (χ1) is 14.3. The number of aromatic nitrogens is 4. The predicted molar refractivity (Wildman–Crippen MR) is 109 cm³/mol. The van der Waals surface area contributed by atoms with Crippen molar-refractivity contribution in [1.29, 1.82) is 0 Å². The molecule has 0 radical (unpaired) electrons. The zero-order chi connectivity index (χ0) is 21.8. The summed E-state index contributed by atoms with van der Waals surface area (Å²) in [5.74, 6) is 0.247. The number of nitrogens with zero attached hydrogens (tertiary/aromatic N) is 4. The molecule has 11 heteroatoms. The minimum Gasteiger partial charge on any atom is -0.493 e. The SMILES string of the molecule is COc1ccc(NC(=O)CCc2c(C)nc3nc(SC)nn3c2C)cc1OC(F)F. The van der Waals surface area contributed by atoms with Gasteiger partial charge in [0.15, 0.2) is 11.5 Å². The summed E-state index contributed by atoms with van der Waals surface area (Å²) in [5.41, 5.74) is 2.89. The van der Waals surface area contributed by atoms with E-state index in [9.17, 15) is 13.6 Å². The molecule has 0 saturated carbocycles. The molecule has 0 fully saturated rings. The number of thioether (sulfide) groups is 1. The molecule has 0 bridgehead atoms. The second-order valence-corrected chi connectivity index (χ2v) is 7.14. The Kier molecular flexibility index (Phi) is 6.70. The Hall–Kier alpha value is -2.95. The van der Waals surface area contributed by atoms with Crippen molar-refractivity contribution in [2.75, 3.05) is 18.7 Å². The number of anilines is 1. The standard InChI is InChI=1S/C19H21F2N5O3S/c1-10-13(11(2)26-18(22-10)24-19(25-26)30-4)6-8-16(27)23-12-5-7-14(28-3)15(9-12)29-17(20)21/h5,7,9,17H,6,8H2,1-4H3,(H,23,27). The Morgan fingerprint density at radius 3 is 2.70 bits per heavy atom. The fraction of sp³-hybridized carbons (Fsp3) is 0.368. The van der Waals surface area contributed by atoms with E-state index >= 15 is 0 Å². The zero-order valence-corrected chi connectivity index (χ0v) is 17.7. The average molecular weight is 437 g/mol. The van der Waals surface area contributed by atoms with Crippen LogP contribution < -0.4 is 14.8 Å². The molecule has 8 nitrogen and oxygen atoms in total. The van der Waals surface area contributed by atoms with E-state index in [-0.39, 0.29) is 23.8 Å². The maximum Gasteiger partial charge on any atom is 0.387 e. The molecular formula is C19H21F2N5O3S. The van der Waals surface area contributed by atoms with Crippen LogP contribution in [0, 0.1) is 13.8 Å². The molecule has 0 unspecified atom stereocenters. The molecule has 30 heavy (non-hydrogen) atoms. The summed E-state index contributed by atoms with van der Waals surface area (Å²) in [6.07, 6.45) is 2.51. The van der Waals surface area contributed by atoms with Gasteiger partial charge in [-0.3, -0.25) is 4.79 Å². The van der Waals surface area contributed by atoms with Crippen LogP contribution in [0.2, 0.25) is 0 Å². The molecule has 2 heterocycles. The number of amides is 1. The molecule has 0 spiro atoms. The third-order valence-electron chi connectivity index (χ3n) is 4.48. The van der Waals surface area contributed by atoms with Gasteiger partial charge in [0, 0.05) is 29.6 Å². The average Bonchev–Trinajstić information content (AvgIpc) is 3.11. The highest BCUT2D eigenvalue weighted by molar-refractivity contribution is 7.98. The normalized spacial score (nSPS) is 11.2. The molecule has 1 aromatic carbocycles. The highest BCUT2D eigenvalue weighted by atomic mass is 32.2. The van der Waals surface area contributed by atoms with Gasteiger partial charge in [-0.1, -0.05) is 11.8 Å². The van der Waals surface area contributed by atoms with Gasteiger partial charge in [0.1, 0.15) is 0 Å². The summed E-state index contributed by atoms with van der Waals surface area (Å²) >= 11 is 1.43. The van der Waals surface area contributed by atoms with Crippen LogP contribution in [0.4, 0.5) is 14.5 Å². The van der Waals surface area contributed by atoms with Crippen LogP contribution in [0.5, 0.6) is 11.5 Å². The fourth-order valence-corrected chi connectivity index (χ4v) is 3.38. The van der Waals surface area contributed by atoms with E-state index in [4.69, 9.17) is 4.74 Å². The predicted octanol–water partition coefficient (Wildman–Crippen LogP) is 3.64. The van der Waals surface area contributed by atoms with Crippen molar-refractivity contribution in [1.82, 2.24) is 19.6 Å². The van der Waals surface area contributed by atoms with Gasteiger partial charge in [0.05, 0.1) is 7.11 Å². The van der Waals surface area contributed by atoms with Crippen molar-refractivity contribution in [3.8, 4) is 11.5 Å². The summed E-state index contributed by atoms with van der Waals surface area (Å²) < 4.78 is 36.2. The van der Waals surface area contributed by atoms with Gasteiger partial charge in [0.25, 0.3) is 5.78 Å². The van der Waals surface area contributed by atoms with Crippen LogP contribution in [0.25, 0.3) is 5.78 Å². The number of methoxy groups -OCH3 is 1. The number of ether oxygens (including phenoxy) is 2. The molecule has 0 aliphatic rings. The van der Waals surface area contributed by atoms with Gasteiger partial charge in [-0.2, -0.15) is 13.8 Å². The van der Waals surface area contributed by atoms with Crippen LogP contribution in [-0.4, -0.2) is 45.5 Å². The Morgan fingerprint density at radius 2 is 2.03 bits per heavy atom. The summed E-state index contributed by atoms with van der Waals surface area (Å²) in [4.78, 5) is 21.2. The summed E-state index contributed by atoms with van der Waals surface area (Å²) in [7, 11) is 1.35. The number of alkyl halides is 2. The number of hydrogen-bond acceptors (Lipinski definition) is 7. The maximum absolute atomic E-state index is 12.6. The van der Waals surface area contributed by atoms with Gasteiger partial charge in [-0.25, -0.2) is 9.50 Å². The minimum absolute atomic E-state index is 0.149. The lowest BCUT2D eigenvalue weighted by Crippen LogP contribution is -2.14. The lowest BCUT2D eigenvalue weighted by atomic mass is 10.1. The van der Waals surface area contributed by atoms with Crippen LogP contribution >= 0.6 is 11.8 Å². The number of halogens is 2. The highest BCUT2D eigenvalue weighted by Crippen LogP contribution is 2.31. The maximum atomic E-state index is 12.6. The molecule has 0 saturated heterocycles. The summed E-state index contributed by atoms with van der Waals surface area (Å²) in [6.45, 7) is 0.776. The molecule has 0 aliphatic carbocycles. The number of aryl methyl sites for hydroxylation is 2. The second-order valence-electron chi connectivity index (χ2n) is 6.36. The second kappa shape index (κ2) is 9.24. The van der Waals surface area contributed by atoms with Gasteiger partial charge in [0.2, 0.25) is 11.1 Å². The first-order valence-electron chi connectivity index (χ1n) is 9.02. The van der Waals surface area contributed by atoms with Crippen LogP contribution in [0.15, 0.2) is 23.4 Å².